The van der Waals surface area contributed by atoms with Crippen LogP contribution in [0.15, 0.2) is 83.3 Å². The molecule has 8 nitrogen and oxygen atoms in total. The number of benzene rings is 3. The van der Waals surface area contributed by atoms with Gasteiger partial charge in [0.15, 0.2) is 17.5 Å². The van der Waals surface area contributed by atoms with Crippen LogP contribution in [0.3, 0.4) is 0 Å². The number of nitrogens with zero attached hydrogens (tertiary/aromatic N) is 2. The lowest BCUT2D eigenvalue weighted by Crippen LogP contribution is -2.48. The standard InChI is InChI=1S/C29H28N4O4S/c1-20-5-4-7-24(17-20)36-19-27(34)31-29(38)30-22-9-11-23(12-10-22)32-13-15-33(16-14-32)28(35)26-18-21-6-2-3-8-25(21)37-26/h2-12,17-18H,13-16,19H2,1H3,(H2,30,31,34,38). The van der Waals surface area contributed by atoms with Gasteiger partial charge in [0.05, 0.1) is 0 Å². The molecule has 0 bridgehead atoms. The minimum Gasteiger partial charge on any atom is -0.484 e. The van der Waals surface area contributed by atoms with Crippen LogP contribution in [0.1, 0.15) is 16.1 Å². The molecule has 0 radical (unpaired) electrons. The van der Waals surface area contributed by atoms with Crippen LogP contribution in [0, 0.1) is 6.92 Å². The first-order chi connectivity index (χ1) is 18.4. The smallest absolute Gasteiger partial charge is 0.289 e. The average molecular weight is 529 g/mol. The molecule has 38 heavy (non-hydrogen) atoms. The molecule has 0 atom stereocenters. The van der Waals surface area contributed by atoms with Crippen molar-refractivity contribution in [2.75, 3.05) is 43.0 Å². The second-order valence-electron chi connectivity index (χ2n) is 9.08. The number of ether oxygens (including phenoxy) is 1. The molecular weight excluding hydrogens is 500 g/mol. The normalized spacial score (nSPS) is 13.3. The third-order valence-corrected chi connectivity index (χ3v) is 6.51. The fourth-order valence-electron chi connectivity index (χ4n) is 4.35. The summed E-state index contributed by atoms with van der Waals surface area (Å²) < 4.78 is 11.3. The number of para-hydroxylation sites is 1. The summed E-state index contributed by atoms with van der Waals surface area (Å²) in [4.78, 5) is 29.1. The third-order valence-electron chi connectivity index (χ3n) is 6.31. The number of amides is 2. The number of furan rings is 1. The van der Waals surface area contributed by atoms with Gasteiger partial charge in [-0.05, 0) is 73.2 Å². The molecule has 2 amide bonds. The summed E-state index contributed by atoms with van der Waals surface area (Å²) in [7, 11) is 0. The van der Waals surface area contributed by atoms with E-state index in [-0.39, 0.29) is 23.5 Å². The van der Waals surface area contributed by atoms with Crippen molar-refractivity contribution in [3.8, 4) is 5.75 Å². The van der Waals surface area contributed by atoms with Gasteiger partial charge >= 0.3 is 0 Å². The predicted octanol–water partition coefficient (Wildman–Crippen LogP) is 4.60. The second-order valence-corrected chi connectivity index (χ2v) is 9.49. The van der Waals surface area contributed by atoms with Crippen LogP contribution >= 0.6 is 12.2 Å². The Morgan fingerprint density at radius 3 is 2.45 bits per heavy atom. The Hall–Kier alpha value is -4.37. The fraction of sp³-hybridized carbons (Fsp3) is 0.207. The summed E-state index contributed by atoms with van der Waals surface area (Å²) in [5.74, 6) is 0.588. The summed E-state index contributed by atoms with van der Waals surface area (Å²) in [6.07, 6.45) is 0. The number of hydrogen-bond acceptors (Lipinski definition) is 6. The van der Waals surface area contributed by atoms with E-state index in [1.807, 2.05) is 78.6 Å². The molecule has 0 saturated carbocycles. The fourth-order valence-corrected chi connectivity index (χ4v) is 4.58. The zero-order valence-corrected chi connectivity index (χ0v) is 21.8. The van der Waals surface area contributed by atoms with Crippen molar-refractivity contribution in [3.05, 3.63) is 90.2 Å². The van der Waals surface area contributed by atoms with Crippen LogP contribution < -0.4 is 20.3 Å². The molecule has 1 saturated heterocycles. The number of rotatable bonds is 6. The maximum Gasteiger partial charge on any atom is 0.289 e. The number of piperazine rings is 1. The van der Waals surface area contributed by atoms with E-state index in [9.17, 15) is 9.59 Å². The van der Waals surface area contributed by atoms with Crippen molar-refractivity contribution in [2.24, 2.45) is 0 Å². The van der Waals surface area contributed by atoms with E-state index < -0.39 is 0 Å². The van der Waals surface area contributed by atoms with Crippen molar-refractivity contribution in [1.82, 2.24) is 10.2 Å². The monoisotopic (exact) mass is 528 g/mol. The van der Waals surface area contributed by atoms with E-state index in [4.69, 9.17) is 21.4 Å². The van der Waals surface area contributed by atoms with Crippen molar-refractivity contribution in [2.45, 2.75) is 6.92 Å². The Balaban J connectivity index is 1.08. The van der Waals surface area contributed by atoms with Crippen LogP contribution in [0.2, 0.25) is 0 Å². The molecule has 0 unspecified atom stereocenters. The molecule has 1 aliphatic rings. The molecule has 0 spiro atoms. The van der Waals surface area contributed by atoms with E-state index >= 15 is 0 Å². The largest absolute Gasteiger partial charge is 0.484 e. The molecule has 4 aromatic rings. The zero-order chi connectivity index (χ0) is 26.5. The van der Waals surface area contributed by atoms with Crippen LogP contribution in [0.25, 0.3) is 11.0 Å². The average Bonchev–Trinajstić information content (AvgIpc) is 3.37. The van der Waals surface area contributed by atoms with Crippen LogP contribution in [0.5, 0.6) is 5.75 Å². The Kier molecular flexibility index (Phi) is 7.55. The molecule has 0 aliphatic carbocycles. The Labute approximate surface area is 226 Å². The maximum absolute atomic E-state index is 12.9. The highest BCUT2D eigenvalue weighted by molar-refractivity contribution is 7.80. The quantitative estimate of drug-likeness (QED) is 0.354. The minimum absolute atomic E-state index is 0.0831. The third kappa shape index (κ3) is 6.12. The summed E-state index contributed by atoms with van der Waals surface area (Å²) in [6, 6.07) is 24.7. The highest BCUT2D eigenvalue weighted by atomic mass is 32.1. The van der Waals surface area contributed by atoms with E-state index in [0.717, 1.165) is 27.9 Å². The molecule has 2 heterocycles. The van der Waals surface area contributed by atoms with E-state index in [2.05, 4.69) is 15.5 Å². The molecule has 194 valence electrons. The topological polar surface area (TPSA) is 87.0 Å². The van der Waals surface area contributed by atoms with Crippen LogP contribution in [0.4, 0.5) is 11.4 Å². The molecule has 9 heteroatoms. The highest BCUT2D eigenvalue weighted by Crippen LogP contribution is 2.23. The SMILES string of the molecule is Cc1cccc(OCC(=O)NC(=S)Nc2ccc(N3CCN(C(=O)c4cc5ccccc5o4)CC3)cc2)c1. The van der Waals surface area contributed by atoms with E-state index in [1.165, 1.54) is 0 Å². The summed E-state index contributed by atoms with van der Waals surface area (Å²) in [6.45, 7) is 4.48. The molecular formula is C29H28N4O4S. The lowest BCUT2D eigenvalue weighted by atomic mass is 10.2. The number of carbonyl (C=O) groups is 2. The van der Waals surface area contributed by atoms with Gasteiger partial charge in [-0.3, -0.25) is 14.9 Å². The van der Waals surface area contributed by atoms with Gasteiger partial charge < -0.3 is 24.3 Å². The van der Waals surface area contributed by atoms with Gasteiger partial charge in [-0.2, -0.15) is 0 Å². The van der Waals surface area contributed by atoms with Crippen molar-refractivity contribution in [1.29, 1.82) is 0 Å². The number of nitrogens with one attached hydrogen (secondary N) is 2. The molecule has 2 N–H and O–H groups in total. The number of aryl methyl sites for hydroxylation is 1. The van der Waals surface area contributed by atoms with Gasteiger partial charge in [0.25, 0.3) is 11.8 Å². The second kappa shape index (κ2) is 11.4. The molecule has 5 rings (SSSR count). The molecule has 1 fully saturated rings. The lowest BCUT2D eigenvalue weighted by molar-refractivity contribution is -0.121. The van der Waals surface area contributed by atoms with Gasteiger partial charge in [0.2, 0.25) is 0 Å². The van der Waals surface area contributed by atoms with Gasteiger partial charge in [-0.15, -0.1) is 0 Å². The predicted molar refractivity (Wildman–Crippen MR) is 152 cm³/mol. The van der Waals surface area contributed by atoms with Crippen LogP contribution in [-0.4, -0.2) is 54.6 Å². The first kappa shape index (κ1) is 25.3. The maximum atomic E-state index is 12.9. The van der Waals surface area contributed by atoms with Crippen molar-refractivity contribution < 1.29 is 18.7 Å². The van der Waals surface area contributed by atoms with Gasteiger partial charge in [0.1, 0.15) is 11.3 Å². The molecule has 1 aromatic heterocycles. The minimum atomic E-state index is -0.337. The Morgan fingerprint density at radius 2 is 1.71 bits per heavy atom. The number of hydrogen-bond donors (Lipinski definition) is 2. The van der Waals surface area contributed by atoms with Crippen molar-refractivity contribution in [3.63, 3.8) is 0 Å². The van der Waals surface area contributed by atoms with Gasteiger partial charge in [0, 0.05) is 42.9 Å². The Morgan fingerprint density at radius 1 is 0.947 bits per heavy atom. The van der Waals surface area contributed by atoms with E-state index in [0.29, 0.717) is 37.7 Å². The number of fused-ring (bicyclic) bond motifs is 1. The highest BCUT2D eigenvalue weighted by Gasteiger charge is 2.24. The van der Waals surface area contributed by atoms with Gasteiger partial charge in [-0.25, -0.2) is 0 Å². The summed E-state index contributed by atoms with van der Waals surface area (Å²) >= 11 is 5.27. The van der Waals surface area contributed by atoms with Crippen LogP contribution in [-0.2, 0) is 4.79 Å². The summed E-state index contributed by atoms with van der Waals surface area (Å²) in [5.41, 5.74) is 3.59. The number of anilines is 2. The number of carbonyl (C=O) groups excluding carboxylic acids is 2. The molecule has 3 aromatic carbocycles. The summed E-state index contributed by atoms with van der Waals surface area (Å²) in [5, 5.41) is 6.78. The van der Waals surface area contributed by atoms with Crippen molar-refractivity contribution >= 4 is 51.5 Å². The first-order valence-corrected chi connectivity index (χ1v) is 12.8. The molecule has 1 aliphatic heterocycles. The van der Waals surface area contributed by atoms with Gasteiger partial charge in [-0.1, -0.05) is 30.3 Å². The van der Waals surface area contributed by atoms with E-state index in [1.54, 1.807) is 12.1 Å². The Bertz CT molecular complexity index is 1430. The lowest BCUT2D eigenvalue weighted by Gasteiger charge is -2.35. The number of thiocarbonyl (C=S) groups is 1. The zero-order valence-electron chi connectivity index (χ0n) is 21.0. The first-order valence-electron chi connectivity index (χ1n) is 12.4.